The van der Waals surface area contributed by atoms with Gasteiger partial charge in [0.25, 0.3) is 5.91 Å². The lowest BCUT2D eigenvalue weighted by molar-refractivity contribution is 0.102. The molecule has 0 atom stereocenters. The van der Waals surface area contributed by atoms with Gasteiger partial charge in [0.2, 0.25) is 0 Å². The Balaban J connectivity index is 1.36. The summed E-state index contributed by atoms with van der Waals surface area (Å²) in [5, 5.41) is 11.9. The van der Waals surface area contributed by atoms with Crippen LogP contribution in [0.1, 0.15) is 16.1 Å². The van der Waals surface area contributed by atoms with Crippen LogP contribution in [0.15, 0.2) is 67.1 Å². The molecule has 0 saturated heterocycles. The number of aromatic nitrogens is 4. The highest BCUT2D eigenvalue weighted by Crippen LogP contribution is 2.21. The molecule has 4 aromatic rings. The predicted molar refractivity (Wildman–Crippen MR) is 115 cm³/mol. The first-order valence-electron chi connectivity index (χ1n) is 9.16. The van der Waals surface area contributed by atoms with Gasteiger partial charge in [-0.2, -0.15) is 10.2 Å². The Hall–Kier alpha value is -3.36. The molecule has 0 radical (unpaired) electrons. The number of amides is 1. The summed E-state index contributed by atoms with van der Waals surface area (Å²) in [5.74, 6) is -0.236. The first-order chi connectivity index (χ1) is 15.0. The predicted octanol–water partition coefficient (Wildman–Crippen LogP) is 4.86. The van der Waals surface area contributed by atoms with E-state index in [1.54, 1.807) is 48.8 Å². The van der Waals surface area contributed by atoms with Crippen molar-refractivity contribution in [2.75, 3.05) is 5.32 Å². The number of nitrogens with one attached hydrogen (secondary N) is 1. The number of hydrogen-bond donors (Lipinski definition) is 1. The van der Waals surface area contributed by atoms with Crippen molar-refractivity contribution in [2.45, 2.75) is 13.3 Å². The summed E-state index contributed by atoms with van der Waals surface area (Å²) < 4.78 is 22.5. The number of anilines is 1. The largest absolute Gasteiger partial charge is 0.471 e. The molecule has 0 aliphatic heterocycles. The molecule has 4 rings (SSSR count). The average molecular weight is 460 g/mol. The van der Waals surface area contributed by atoms with Crippen LogP contribution < -0.4 is 10.1 Å². The second kappa shape index (κ2) is 9.20. The number of nitrogens with zero attached hydrogens (tertiary/aromatic N) is 4. The van der Waals surface area contributed by atoms with Crippen LogP contribution in [0.4, 0.5) is 10.1 Å². The molecule has 31 heavy (non-hydrogen) atoms. The molecule has 0 aliphatic carbocycles. The van der Waals surface area contributed by atoms with Gasteiger partial charge in [0.1, 0.15) is 11.6 Å². The van der Waals surface area contributed by atoms with Crippen LogP contribution >= 0.6 is 23.2 Å². The summed E-state index contributed by atoms with van der Waals surface area (Å²) in [6, 6.07) is 13.0. The van der Waals surface area contributed by atoms with Crippen LogP contribution in [0.5, 0.6) is 5.75 Å². The van der Waals surface area contributed by atoms with Crippen LogP contribution in [-0.4, -0.2) is 25.5 Å². The van der Waals surface area contributed by atoms with Crippen molar-refractivity contribution in [2.24, 2.45) is 0 Å². The molecule has 2 aromatic carbocycles. The normalized spacial score (nSPS) is 10.8. The second-order valence-corrected chi connectivity index (χ2v) is 7.40. The molecule has 158 valence electrons. The van der Waals surface area contributed by atoms with E-state index in [2.05, 4.69) is 15.5 Å². The Labute approximate surface area is 187 Å². The summed E-state index contributed by atoms with van der Waals surface area (Å²) in [5.41, 5.74) is 0.977. The number of rotatable bonds is 7. The topological polar surface area (TPSA) is 74.0 Å². The van der Waals surface area contributed by atoms with Crippen molar-refractivity contribution >= 4 is 34.8 Å². The standard InChI is InChI=1S/C21H16Cl2FN5O2/c22-14-3-1-4-16(9-14)31-13-28-8-7-20(27-28)21(30)26-15-10-25-29(11-15)12-17-18(23)5-2-6-19(17)24/h1-11H,12-13H2,(H,26,30). The summed E-state index contributed by atoms with van der Waals surface area (Å²) >= 11 is 12.0. The maximum atomic E-state index is 13.9. The molecular weight excluding hydrogens is 444 g/mol. The Bertz CT molecular complexity index is 1200. The SMILES string of the molecule is O=C(Nc1cnn(Cc2c(F)cccc2Cl)c1)c1ccn(COc2cccc(Cl)c2)n1. The molecular formula is C21H16Cl2FN5O2. The molecule has 2 aromatic heterocycles. The van der Waals surface area contributed by atoms with E-state index in [0.29, 0.717) is 27.0 Å². The van der Waals surface area contributed by atoms with E-state index in [1.165, 1.54) is 27.7 Å². The van der Waals surface area contributed by atoms with Gasteiger partial charge >= 0.3 is 0 Å². The van der Waals surface area contributed by atoms with Gasteiger partial charge in [0.05, 0.1) is 18.4 Å². The minimum atomic E-state index is -0.417. The Kier molecular flexibility index (Phi) is 6.20. The fraction of sp³-hybridized carbons (Fsp3) is 0.0952. The maximum absolute atomic E-state index is 13.9. The van der Waals surface area contributed by atoms with Crippen molar-refractivity contribution in [3.8, 4) is 5.75 Å². The highest BCUT2D eigenvalue weighted by atomic mass is 35.5. The first kappa shape index (κ1) is 20.9. The third-order valence-corrected chi connectivity index (χ3v) is 4.89. The van der Waals surface area contributed by atoms with E-state index >= 15 is 0 Å². The van der Waals surface area contributed by atoms with E-state index in [1.807, 2.05) is 0 Å². The van der Waals surface area contributed by atoms with Gasteiger partial charge in [-0.25, -0.2) is 9.07 Å². The fourth-order valence-corrected chi connectivity index (χ4v) is 3.21. The van der Waals surface area contributed by atoms with Crippen LogP contribution in [0.3, 0.4) is 0 Å². The summed E-state index contributed by atoms with van der Waals surface area (Å²) in [6.45, 7) is 0.256. The van der Waals surface area contributed by atoms with E-state index in [9.17, 15) is 9.18 Å². The van der Waals surface area contributed by atoms with Crippen LogP contribution in [0.2, 0.25) is 10.0 Å². The lowest BCUT2D eigenvalue weighted by Crippen LogP contribution is -2.14. The minimum Gasteiger partial charge on any atom is -0.471 e. The Morgan fingerprint density at radius 3 is 2.77 bits per heavy atom. The number of ether oxygens (including phenoxy) is 1. The van der Waals surface area contributed by atoms with Gasteiger partial charge in [0, 0.05) is 28.0 Å². The number of carbonyl (C=O) groups is 1. The maximum Gasteiger partial charge on any atom is 0.276 e. The highest BCUT2D eigenvalue weighted by Gasteiger charge is 2.13. The van der Waals surface area contributed by atoms with Gasteiger partial charge in [-0.3, -0.25) is 9.48 Å². The number of halogens is 3. The number of hydrogen-bond acceptors (Lipinski definition) is 4. The number of carbonyl (C=O) groups excluding carboxylic acids is 1. The van der Waals surface area contributed by atoms with Gasteiger partial charge in [0.15, 0.2) is 12.4 Å². The quantitative estimate of drug-likeness (QED) is 0.428. The Morgan fingerprint density at radius 2 is 1.97 bits per heavy atom. The molecule has 0 aliphatic rings. The summed E-state index contributed by atoms with van der Waals surface area (Å²) in [4.78, 5) is 12.5. The zero-order valence-electron chi connectivity index (χ0n) is 16.0. The van der Waals surface area contributed by atoms with Gasteiger partial charge < -0.3 is 10.1 Å². The first-order valence-corrected chi connectivity index (χ1v) is 9.92. The third kappa shape index (κ3) is 5.22. The van der Waals surface area contributed by atoms with Crippen LogP contribution in [-0.2, 0) is 13.3 Å². The molecule has 1 N–H and O–H groups in total. The van der Waals surface area contributed by atoms with E-state index in [-0.39, 0.29) is 19.0 Å². The lowest BCUT2D eigenvalue weighted by Gasteiger charge is -2.06. The van der Waals surface area contributed by atoms with Crippen molar-refractivity contribution in [3.63, 3.8) is 0 Å². The molecule has 10 heteroatoms. The van der Waals surface area contributed by atoms with Gasteiger partial charge in [-0.15, -0.1) is 0 Å². The van der Waals surface area contributed by atoms with Crippen LogP contribution in [0, 0.1) is 5.82 Å². The lowest BCUT2D eigenvalue weighted by atomic mass is 10.2. The van der Waals surface area contributed by atoms with Crippen LogP contribution in [0.25, 0.3) is 0 Å². The molecule has 0 fully saturated rings. The van der Waals surface area contributed by atoms with Crippen molar-refractivity contribution in [1.29, 1.82) is 0 Å². The zero-order valence-corrected chi connectivity index (χ0v) is 17.5. The van der Waals surface area contributed by atoms with E-state index in [4.69, 9.17) is 27.9 Å². The molecule has 0 unspecified atom stereocenters. The van der Waals surface area contributed by atoms with Crippen molar-refractivity contribution in [3.05, 3.63) is 94.2 Å². The second-order valence-electron chi connectivity index (χ2n) is 6.55. The third-order valence-electron chi connectivity index (χ3n) is 4.31. The zero-order chi connectivity index (χ0) is 21.8. The molecule has 1 amide bonds. The fourth-order valence-electron chi connectivity index (χ4n) is 2.81. The molecule has 0 spiro atoms. The number of benzene rings is 2. The average Bonchev–Trinajstić information content (AvgIpc) is 3.39. The smallest absolute Gasteiger partial charge is 0.276 e. The van der Waals surface area contributed by atoms with Gasteiger partial charge in [-0.1, -0.05) is 35.3 Å². The van der Waals surface area contributed by atoms with Crippen molar-refractivity contribution < 1.29 is 13.9 Å². The monoisotopic (exact) mass is 459 g/mol. The molecule has 0 saturated carbocycles. The molecule has 7 nitrogen and oxygen atoms in total. The summed E-state index contributed by atoms with van der Waals surface area (Å²) in [7, 11) is 0. The Morgan fingerprint density at radius 1 is 1.13 bits per heavy atom. The van der Waals surface area contributed by atoms with E-state index < -0.39 is 11.7 Å². The van der Waals surface area contributed by atoms with Crippen molar-refractivity contribution in [1.82, 2.24) is 19.6 Å². The minimum absolute atomic E-state index is 0.120. The van der Waals surface area contributed by atoms with E-state index in [0.717, 1.165) is 0 Å². The summed E-state index contributed by atoms with van der Waals surface area (Å²) in [6.07, 6.45) is 4.68. The molecule has 2 heterocycles. The van der Waals surface area contributed by atoms with Gasteiger partial charge in [-0.05, 0) is 36.4 Å². The molecule has 0 bridgehead atoms. The highest BCUT2D eigenvalue weighted by molar-refractivity contribution is 6.31.